The van der Waals surface area contributed by atoms with E-state index in [4.69, 9.17) is 4.42 Å². The van der Waals surface area contributed by atoms with Crippen molar-refractivity contribution in [2.45, 2.75) is 13.0 Å². The fraction of sp³-hybridized carbons (Fsp3) is 0.500. The molecule has 0 bridgehead atoms. The molecule has 0 aliphatic carbocycles. The van der Waals surface area contributed by atoms with Gasteiger partial charge in [-0.25, -0.2) is 0 Å². The lowest BCUT2D eigenvalue weighted by Gasteiger charge is -2.20. The van der Waals surface area contributed by atoms with E-state index in [1.54, 1.807) is 6.26 Å². The summed E-state index contributed by atoms with van der Waals surface area (Å²) in [6.45, 7) is 2.66. The van der Waals surface area contributed by atoms with E-state index in [1.165, 1.54) is 0 Å². The molecule has 14 heavy (non-hydrogen) atoms. The molecule has 4 nitrogen and oxygen atoms in total. The van der Waals surface area contributed by atoms with Crippen LogP contribution in [0.25, 0.3) is 0 Å². The van der Waals surface area contributed by atoms with E-state index in [-0.39, 0.29) is 0 Å². The Hall–Kier alpha value is -1.29. The third kappa shape index (κ3) is 1.96. The number of rotatable bonds is 3. The monoisotopic (exact) mass is 193 g/mol. The van der Waals surface area contributed by atoms with Crippen LogP contribution in [0.1, 0.15) is 12.1 Å². The van der Waals surface area contributed by atoms with Gasteiger partial charge in [0.1, 0.15) is 6.26 Å². The number of nitrogens with one attached hydrogen (secondary N) is 1. The summed E-state index contributed by atoms with van der Waals surface area (Å²) >= 11 is 0. The largest absolute Gasteiger partial charge is 0.432 e. The molecule has 4 heteroatoms. The van der Waals surface area contributed by atoms with Gasteiger partial charge in [-0.05, 0) is 13.5 Å². The first-order chi connectivity index (χ1) is 6.90. The van der Waals surface area contributed by atoms with Crippen molar-refractivity contribution in [2.24, 2.45) is 0 Å². The van der Waals surface area contributed by atoms with Crippen LogP contribution in [0.3, 0.4) is 0 Å². The fourth-order valence-corrected chi connectivity index (χ4v) is 1.52. The maximum Gasteiger partial charge on any atom is 0.297 e. The molecular formula is C10H15N3O. The van der Waals surface area contributed by atoms with Crippen molar-refractivity contribution in [2.75, 3.05) is 25.0 Å². The first-order valence-corrected chi connectivity index (χ1v) is 4.89. The first kappa shape index (κ1) is 9.27. The molecule has 0 radical (unpaired) electrons. The molecule has 1 aromatic heterocycles. The molecule has 0 saturated heterocycles. The van der Waals surface area contributed by atoms with Crippen LogP contribution in [0.2, 0.25) is 0 Å². The quantitative estimate of drug-likeness (QED) is 0.731. The molecule has 0 spiro atoms. The zero-order valence-electron chi connectivity index (χ0n) is 8.36. The topological polar surface area (TPSA) is 41.3 Å². The molecule has 0 fully saturated rings. The summed E-state index contributed by atoms with van der Waals surface area (Å²) in [4.78, 5) is 6.52. The van der Waals surface area contributed by atoms with Crippen LogP contribution in [-0.4, -0.2) is 25.1 Å². The van der Waals surface area contributed by atoms with Gasteiger partial charge in [-0.1, -0.05) is 12.2 Å². The van der Waals surface area contributed by atoms with Crippen LogP contribution >= 0.6 is 0 Å². The van der Waals surface area contributed by atoms with Gasteiger partial charge in [0.25, 0.3) is 6.01 Å². The number of aromatic nitrogens is 1. The highest BCUT2D eigenvalue weighted by molar-refractivity contribution is 5.30. The number of hydrogen-bond donors (Lipinski definition) is 1. The van der Waals surface area contributed by atoms with Crippen LogP contribution < -0.4 is 10.2 Å². The molecule has 1 aliphatic rings. The van der Waals surface area contributed by atoms with Crippen LogP contribution in [-0.2, 0) is 6.54 Å². The molecule has 76 valence electrons. The van der Waals surface area contributed by atoms with Gasteiger partial charge in [-0.3, -0.25) is 0 Å². The zero-order valence-corrected chi connectivity index (χ0v) is 8.36. The Labute approximate surface area is 83.6 Å². The average molecular weight is 193 g/mol. The van der Waals surface area contributed by atoms with Crippen LogP contribution in [0.15, 0.2) is 22.8 Å². The standard InChI is InChI=1S/C10H15N3O/c1-11-7-9-8-14-10(12-9)13-5-3-2-4-6-13/h2-3,8,11H,4-7H2,1H3. The minimum Gasteiger partial charge on any atom is -0.432 e. The Bertz CT molecular complexity index is 319. The van der Waals surface area contributed by atoms with E-state index in [1.807, 2.05) is 7.05 Å². The van der Waals surface area contributed by atoms with Crippen molar-refractivity contribution >= 4 is 6.01 Å². The second kappa shape index (κ2) is 4.28. The highest BCUT2D eigenvalue weighted by atomic mass is 16.4. The van der Waals surface area contributed by atoms with E-state index in [0.29, 0.717) is 0 Å². The van der Waals surface area contributed by atoms with E-state index in [0.717, 1.165) is 37.8 Å². The highest BCUT2D eigenvalue weighted by Crippen LogP contribution is 2.15. The van der Waals surface area contributed by atoms with Crippen molar-refractivity contribution in [3.05, 3.63) is 24.1 Å². The van der Waals surface area contributed by atoms with Crippen LogP contribution in [0.4, 0.5) is 6.01 Å². The van der Waals surface area contributed by atoms with Crippen molar-refractivity contribution in [3.63, 3.8) is 0 Å². The predicted octanol–water partition coefficient (Wildman–Crippen LogP) is 1.16. The summed E-state index contributed by atoms with van der Waals surface area (Å²) in [5.41, 5.74) is 0.956. The molecular weight excluding hydrogens is 178 g/mol. The highest BCUT2D eigenvalue weighted by Gasteiger charge is 2.12. The van der Waals surface area contributed by atoms with Crippen molar-refractivity contribution in [1.29, 1.82) is 0 Å². The van der Waals surface area contributed by atoms with Gasteiger partial charge in [0.05, 0.1) is 5.69 Å². The number of hydrogen-bond acceptors (Lipinski definition) is 4. The minimum atomic E-state index is 0.736. The lowest BCUT2D eigenvalue weighted by Crippen LogP contribution is -2.27. The van der Waals surface area contributed by atoms with Gasteiger partial charge < -0.3 is 14.6 Å². The average Bonchev–Trinajstić information content (AvgIpc) is 2.68. The predicted molar refractivity (Wildman–Crippen MR) is 55.2 cm³/mol. The normalized spacial score (nSPS) is 16.2. The van der Waals surface area contributed by atoms with E-state index in [2.05, 4.69) is 27.4 Å². The Morgan fingerprint density at radius 2 is 2.50 bits per heavy atom. The number of anilines is 1. The minimum absolute atomic E-state index is 0.736. The molecule has 1 aromatic rings. The van der Waals surface area contributed by atoms with E-state index < -0.39 is 0 Å². The summed E-state index contributed by atoms with van der Waals surface area (Å²) in [7, 11) is 1.90. The second-order valence-electron chi connectivity index (χ2n) is 3.36. The molecule has 0 amide bonds. The Balaban J connectivity index is 2.04. The van der Waals surface area contributed by atoms with E-state index in [9.17, 15) is 0 Å². The van der Waals surface area contributed by atoms with Crippen LogP contribution in [0, 0.1) is 0 Å². The third-order valence-electron chi connectivity index (χ3n) is 2.23. The van der Waals surface area contributed by atoms with Gasteiger partial charge in [0, 0.05) is 19.6 Å². The molecule has 2 heterocycles. The molecule has 1 aliphatic heterocycles. The van der Waals surface area contributed by atoms with Crippen molar-refractivity contribution in [3.8, 4) is 0 Å². The van der Waals surface area contributed by atoms with E-state index >= 15 is 0 Å². The summed E-state index contributed by atoms with van der Waals surface area (Å²) < 4.78 is 5.40. The molecule has 0 saturated carbocycles. The van der Waals surface area contributed by atoms with Gasteiger partial charge in [0.2, 0.25) is 0 Å². The Kier molecular flexibility index (Phi) is 2.84. The lowest BCUT2D eigenvalue weighted by atomic mass is 10.3. The smallest absolute Gasteiger partial charge is 0.297 e. The lowest BCUT2D eigenvalue weighted by molar-refractivity contribution is 0.536. The third-order valence-corrected chi connectivity index (χ3v) is 2.23. The molecule has 0 unspecified atom stereocenters. The van der Waals surface area contributed by atoms with Gasteiger partial charge in [-0.2, -0.15) is 4.98 Å². The maximum atomic E-state index is 5.40. The van der Waals surface area contributed by atoms with Gasteiger partial charge in [0.15, 0.2) is 0 Å². The number of nitrogens with zero attached hydrogens (tertiary/aromatic N) is 2. The Morgan fingerprint density at radius 1 is 1.57 bits per heavy atom. The number of oxazole rings is 1. The summed E-state index contributed by atoms with van der Waals surface area (Å²) in [5.74, 6) is 0. The first-order valence-electron chi connectivity index (χ1n) is 4.89. The second-order valence-corrected chi connectivity index (χ2v) is 3.36. The summed E-state index contributed by atoms with van der Waals surface area (Å²) in [6.07, 6.45) is 7.12. The summed E-state index contributed by atoms with van der Waals surface area (Å²) in [5, 5.41) is 3.05. The molecule has 0 aromatic carbocycles. The Morgan fingerprint density at radius 3 is 3.21 bits per heavy atom. The molecule has 1 N–H and O–H groups in total. The fourth-order valence-electron chi connectivity index (χ4n) is 1.52. The SMILES string of the molecule is CNCc1coc(N2CC=CCC2)n1. The van der Waals surface area contributed by atoms with Gasteiger partial charge >= 0.3 is 0 Å². The molecule has 2 rings (SSSR count). The van der Waals surface area contributed by atoms with Crippen molar-refractivity contribution in [1.82, 2.24) is 10.3 Å². The van der Waals surface area contributed by atoms with Crippen molar-refractivity contribution < 1.29 is 4.42 Å². The maximum absolute atomic E-state index is 5.40. The summed E-state index contributed by atoms with van der Waals surface area (Å²) in [6, 6.07) is 0.736. The van der Waals surface area contributed by atoms with Crippen LogP contribution in [0.5, 0.6) is 0 Å². The zero-order chi connectivity index (χ0) is 9.80. The van der Waals surface area contributed by atoms with Gasteiger partial charge in [-0.15, -0.1) is 0 Å². The molecule has 0 atom stereocenters.